The Labute approximate surface area is 74.7 Å². The third kappa shape index (κ3) is 1.16. The van der Waals surface area contributed by atoms with Gasteiger partial charge in [0.25, 0.3) is 0 Å². The van der Waals surface area contributed by atoms with Crippen LogP contribution in [0.1, 0.15) is 26.7 Å². The molecule has 0 aromatic carbocycles. The summed E-state index contributed by atoms with van der Waals surface area (Å²) >= 11 is 0. The Morgan fingerprint density at radius 2 is 2.00 bits per heavy atom. The van der Waals surface area contributed by atoms with Crippen LogP contribution in [0, 0.1) is 11.8 Å². The Balaban J connectivity index is 2.29. The highest BCUT2D eigenvalue weighted by Gasteiger charge is 2.27. The average Bonchev–Trinajstić information content (AvgIpc) is 2.47. The highest BCUT2D eigenvalue weighted by Crippen LogP contribution is 2.39. The number of allylic oxidation sites excluding steroid dienone is 6. The molecule has 0 bridgehead atoms. The Hall–Kier alpha value is -0.780. The predicted octanol–water partition coefficient (Wildman–Crippen LogP) is 3.48. The van der Waals surface area contributed by atoms with Gasteiger partial charge in [0.1, 0.15) is 0 Å². The van der Waals surface area contributed by atoms with E-state index in [2.05, 4.69) is 38.2 Å². The average molecular weight is 160 g/mol. The van der Waals surface area contributed by atoms with Gasteiger partial charge in [-0.05, 0) is 44.1 Å². The first kappa shape index (κ1) is 7.85. The van der Waals surface area contributed by atoms with Gasteiger partial charge in [0.15, 0.2) is 0 Å². The Kier molecular flexibility index (Phi) is 1.92. The van der Waals surface area contributed by atoms with E-state index in [4.69, 9.17) is 0 Å². The number of rotatable bonds is 0. The van der Waals surface area contributed by atoms with Gasteiger partial charge >= 0.3 is 0 Å². The first-order valence-corrected chi connectivity index (χ1v) is 4.79. The van der Waals surface area contributed by atoms with Gasteiger partial charge in [0, 0.05) is 0 Å². The minimum Gasteiger partial charge on any atom is -0.0879 e. The Morgan fingerprint density at radius 1 is 1.25 bits per heavy atom. The van der Waals surface area contributed by atoms with Crippen LogP contribution in [0.4, 0.5) is 0 Å². The SMILES string of the molecule is CC(C)=C1C=CC2CC=CCC12. The molecule has 2 atom stereocenters. The maximum atomic E-state index is 2.39. The second-order valence-electron chi connectivity index (χ2n) is 4.03. The van der Waals surface area contributed by atoms with Crippen LogP contribution in [-0.4, -0.2) is 0 Å². The zero-order valence-electron chi connectivity index (χ0n) is 7.88. The third-order valence-corrected chi connectivity index (χ3v) is 2.98. The summed E-state index contributed by atoms with van der Waals surface area (Å²) in [5.74, 6) is 1.61. The molecule has 0 aromatic heterocycles. The number of fused-ring (bicyclic) bond motifs is 1. The molecule has 2 rings (SSSR count). The van der Waals surface area contributed by atoms with Crippen molar-refractivity contribution in [3.63, 3.8) is 0 Å². The minimum absolute atomic E-state index is 0.805. The van der Waals surface area contributed by atoms with E-state index in [1.165, 1.54) is 18.4 Å². The van der Waals surface area contributed by atoms with E-state index in [-0.39, 0.29) is 0 Å². The second kappa shape index (κ2) is 2.93. The smallest absolute Gasteiger partial charge is 0.00621 e. The van der Waals surface area contributed by atoms with E-state index < -0.39 is 0 Å². The lowest BCUT2D eigenvalue weighted by Crippen LogP contribution is -2.12. The Bertz CT molecular complexity index is 262. The molecule has 0 heterocycles. The van der Waals surface area contributed by atoms with Crippen molar-refractivity contribution in [1.29, 1.82) is 0 Å². The van der Waals surface area contributed by atoms with Crippen LogP contribution in [0.5, 0.6) is 0 Å². The lowest BCUT2D eigenvalue weighted by atomic mass is 9.82. The molecular formula is C12H16. The van der Waals surface area contributed by atoms with Crippen molar-refractivity contribution in [1.82, 2.24) is 0 Å². The molecule has 2 unspecified atom stereocenters. The summed E-state index contributed by atoms with van der Waals surface area (Å²) in [4.78, 5) is 0. The van der Waals surface area contributed by atoms with Gasteiger partial charge in [-0.3, -0.25) is 0 Å². The molecule has 2 aliphatic carbocycles. The zero-order valence-corrected chi connectivity index (χ0v) is 7.88. The topological polar surface area (TPSA) is 0 Å². The van der Waals surface area contributed by atoms with Crippen LogP contribution in [0.2, 0.25) is 0 Å². The molecule has 0 heteroatoms. The van der Waals surface area contributed by atoms with Crippen LogP contribution in [0.3, 0.4) is 0 Å². The molecule has 0 saturated carbocycles. The molecule has 2 aliphatic rings. The van der Waals surface area contributed by atoms with Crippen molar-refractivity contribution < 1.29 is 0 Å². The summed E-state index contributed by atoms with van der Waals surface area (Å²) in [7, 11) is 0. The van der Waals surface area contributed by atoms with E-state index in [1.807, 2.05) is 0 Å². The lowest BCUT2D eigenvalue weighted by Gasteiger charge is -2.22. The van der Waals surface area contributed by atoms with Crippen molar-refractivity contribution in [2.24, 2.45) is 11.8 Å². The molecule has 0 aromatic rings. The van der Waals surface area contributed by atoms with Crippen LogP contribution >= 0.6 is 0 Å². The molecule has 0 aliphatic heterocycles. The van der Waals surface area contributed by atoms with Crippen LogP contribution < -0.4 is 0 Å². The van der Waals surface area contributed by atoms with Crippen LogP contribution in [-0.2, 0) is 0 Å². The zero-order chi connectivity index (χ0) is 8.55. The van der Waals surface area contributed by atoms with E-state index in [9.17, 15) is 0 Å². The molecule has 0 saturated heterocycles. The standard InChI is InChI=1S/C12H16/c1-9(2)11-8-7-10-5-3-4-6-12(10)11/h3-4,7-8,10,12H,5-6H2,1-2H3. The second-order valence-corrected chi connectivity index (χ2v) is 4.03. The van der Waals surface area contributed by atoms with Gasteiger partial charge in [0.05, 0.1) is 0 Å². The normalized spacial score (nSPS) is 32.3. The van der Waals surface area contributed by atoms with E-state index in [1.54, 1.807) is 5.57 Å². The van der Waals surface area contributed by atoms with Crippen molar-refractivity contribution in [2.75, 3.05) is 0 Å². The number of hydrogen-bond acceptors (Lipinski definition) is 0. The van der Waals surface area contributed by atoms with Gasteiger partial charge in [-0.25, -0.2) is 0 Å². The fraction of sp³-hybridized carbons (Fsp3) is 0.500. The Morgan fingerprint density at radius 3 is 2.75 bits per heavy atom. The maximum absolute atomic E-state index is 2.39. The summed E-state index contributed by atoms with van der Waals surface area (Å²) in [6, 6.07) is 0. The summed E-state index contributed by atoms with van der Waals surface area (Å²) in [6.07, 6.45) is 11.9. The van der Waals surface area contributed by atoms with E-state index in [0.717, 1.165) is 11.8 Å². The van der Waals surface area contributed by atoms with Crippen LogP contribution in [0.15, 0.2) is 35.5 Å². The van der Waals surface area contributed by atoms with Crippen molar-refractivity contribution in [3.05, 3.63) is 35.5 Å². The van der Waals surface area contributed by atoms with Crippen LogP contribution in [0.25, 0.3) is 0 Å². The molecule has 0 nitrogen and oxygen atoms in total. The first-order valence-electron chi connectivity index (χ1n) is 4.79. The lowest BCUT2D eigenvalue weighted by molar-refractivity contribution is 0.467. The van der Waals surface area contributed by atoms with Gasteiger partial charge in [0.2, 0.25) is 0 Å². The number of hydrogen-bond donors (Lipinski definition) is 0. The predicted molar refractivity (Wildman–Crippen MR) is 52.9 cm³/mol. The van der Waals surface area contributed by atoms with E-state index in [0.29, 0.717) is 0 Å². The molecule has 0 amide bonds. The molecule has 64 valence electrons. The quantitative estimate of drug-likeness (QED) is 0.476. The van der Waals surface area contributed by atoms with Gasteiger partial charge in [-0.2, -0.15) is 0 Å². The van der Waals surface area contributed by atoms with Crippen molar-refractivity contribution >= 4 is 0 Å². The van der Waals surface area contributed by atoms with E-state index >= 15 is 0 Å². The maximum Gasteiger partial charge on any atom is -0.00621 e. The first-order chi connectivity index (χ1) is 5.79. The molecule has 12 heavy (non-hydrogen) atoms. The molecule has 0 N–H and O–H groups in total. The minimum atomic E-state index is 0.805. The summed E-state index contributed by atoms with van der Waals surface area (Å²) in [6.45, 7) is 4.45. The van der Waals surface area contributed by atoms with Gasteiger partial charge < -0.3 is 0 Å². The summed E-state index contributed by atoms with van der Waals surface area (Å²) in [5.41, 5.74) is 3.08. The molecular weight excluding hydrogens is 144 g/mol. The monoisotopic (exact) mass is 160 g/mol. The summed E-state index contributed by atoms with van der Waals surface area (Å²) < 4.78 is 0. The van der Waals surface area contributed by atoms with Crippen molar-refractivity contribution in [3.8, 4) is 0 Å². The molecule has 0 spiro atoms. The highest BCUT2D eigenvalue weighted by atomic mass is 14.3. The fourth-order valence-corrected chi connectivity index (χ4v) is 2.29. The molecule has 0 fully saturated rings. The highest BCUT2D eigenvalue weighted by molar-refractivity contribution is 5.35. The van der Waals surface area contributed by atoms with Crippen molar-refractivity contribution in [2.45, 2.75) is 26.7 Å². The molecule has 0 radical (unpaired) electrons. The summed E-state index contributed by atoms with van der Waals surface area (Å²) in [5, 5.41) is 0. The fourth-order valence-electron chi connectivity index (χ4n) is 2.29. The van der Waals surface area contributed by atoms with Gasteiger partial charge in [-0.15, -0.1) is 0 Å². The third-order valence-electron chi connectivity index (χ3n) is 2.98. The largest absolute Gasteiger partial charge is 0.0879 e. The van der Waals surface area contributed by atoms with Gasteiger partial charge in [-0.1, -0.05) is 29.9 Å².